The monoisotopic (exact) mass is 452 g/mol. The van der Waals surface area contributed by atoms with Gasteiger partial charge in [-0.1, -0.05) is 42.5 Å². The average molecular weight is 453 g/mol. The van der Waals surface area contributed by atoms with Crippen molar-refractivity contribution in [2.24, 2.45) is 0 Å². The Morgan fingerprint density at radius 2 is 1.59 bits per heavy atom. The van der Waals surface area contributed by atoms with E-state index in [4.69, 9.17) is 5.11 Å². The molecule has 0 fully saturated rings. The molecule has 0 bridgehead atoms. The average Bonchev–Trinajstić information content (AvgIpc) is 3.34. The van der Waals surface area contributed by atoms with Crippen LogP contribution in [0.25, 0.3) is 10.8 Å². The highest BCUT2D eigenvalue weighted by Gasteiger charge is 2.14. The van der Waals surface area contributed by atoms with E-state index in [-0.39, 0.29) is 11.5 Å². The summed E-state index contributed by atoms with van der Waals surface area (Å²) in [6.07, 6.45) is 0.0960. The Morgan fingerprint density at radius 1 is 0.853 bits per heavy atom. The molecule has 6 nitrogen and oxygen atoms in total. The molecular weight excluding hydrogens is 428 g/mol. The highest BCUT2D eigenvalue weighted by Crippen LogP contribution is 2.27. The summed E-state index contributed by atoms with van der Waals surface area (Å²) in [5.74, 6) is -1.17. The number of aliphatic hydroxyl groups excluding tert-OH is 1. The van der Waals surface area contributed by atoms with Gasteiger partial charge in [0.1, 0.15) is 6.10 Å². The summed E-state index contributed by atoms with van der Waals surface area (Å²) in [7, 11) is 0. The van der Waals surface area contributed by atoms with Crippen LogP contribution in [0, 0.1) is 0 Å². The van der Waals surface area contributed by atoms with Crippen molar-refractivity contribution in [2.75, 3.05) is 11.9 Å². The van der Waals surface area contributed by atoms with Crippen molar-refractivity contribution >= 4 is 28.3 Å². The Bertz CT molecular complexity index is 1400. The zero-order chi connectivity index (χ0) is 23.7. The molecule has 1 heterocycles. The Balaban J connectivity index is 1.33. The minimum Gasteiger partial charge on any atom is -0.478 e. The van der Waals surface area contributed by atoms with Gasteiger partial charge in [0.2, 0.25) is 0 Å². The van der Waals surface area contributed by atoms with Crippen LogP contribution in [0.2, 0.25) is 0 Å². The van der Waals surface area contributed by atoms with Crippen LogP contribution in [-0.4, -0.2) is 28.6 Å². The number of aromatic carboxylic acids is 1. The molecule has 1 aliphatic rings. The van der Waals surface area contributed by atoms with Crippen LogP contribution < -0.4 is 10.6 Å². The van der Waals surface area contributed by atoms with Crippen LogP contribution in [0.5, 0.6) is 0 Å². The first-order valence-electron chi connectivity index (χ1n) is 11.2. The minimum absolute atomic E-state index is 0.157. The summed E-state index contributed by atoms with van der Waals surface area (Å²) < 4.78 is 0. The molecule has 170 valence electrons. The van der Waals surface area contributed by atoms with Gasteiger partial charge in [0.15, 0.2) is 0 Å². The number of anilines is 1. The molecule has 0 spiro atoms. The molecule has 4 aromatic carbocycles. The molecule has 0 radical (unpaired) electrons. The van der Waals surface area contributed by atoms with Gasteiger partial charge in [-0.3, -0.25) is 4.79 Å². The summed E-state index contributed by atoms with van der Waals surface area (Å²) in [4.78, 5) is 23.9. The highest BCUT2D eigenvalue weighted by atomic mass is 16.4. The number of carboxylic acid groups (broad SMARTS) is 1. The zero-order valence-corrected chi connectivity index (χ0v) is 18.4. The lowest BCUT2D eigenvalue weighted by Crippen LogP contribution is -2.22. The molecule has 5 rings (SSSR count). The van der Waals surface area contributed by atoms with Crippen LogP contribution >= 0.6 is 0 Å². The first kappa shape index (κ1) is 21.7. The van der Waals surface area contributed by atoms with Crippen molar-refractivity contribution in [1.29, 1.82) is 0 Å². The van der Waals surface area contributed by atoms with Gasteiger partial charge in [-0.25, -0.2) is 4.79 Å². The Hall–Kier alpha value is -4.16. The number of carboxylic acids is 1. The molecule has 4 aromatic rings. The summed E-state index contributed by atoms with van der Waals surface area (Å²) in [6, 6.07) is 23.5. The molecule has 4 N–H and O–H groups in total. The Morgan fingerprint density at radius 3 is 2.38 bits per heavy atom. The third-order valence-electron chi connectivity index (χ3n) is 6.25. The molecule has 0 saturated carbocycles. The van der Waals surface area contributed by atoms with E-state index in [0.717, 1.165) is 29.3 Å². The van der Waals surface area contributed by atoms with Crippen molar-refractivity contribution in [2.45, 2.75) is 19.1 Å². The van der Waals surface area contributed by atoms with Crippen molar-refractivity contribution in [1.82, 2.24) is 5.32 Å². The van der Waals surface area contributed by atoms with Crippen molar-refractivity contribution in [3.63, 3.8) is 0 Å². The second-order valence-electron chi connectivity index (χ2n) is 8.50. The molecule has 0 saturated heterocycles. The van der Waals surface area contributed by atoms with Gasteiger partial charge in [0.25, 0.3) is 5.91 Å². The second kappa shape index (κ2) is 9.00. The normalized spacial score (nSPS) is 13.2. The molecule has 34 heavy (non-hydrogen) atoms. The molecule has 1 atom stereocenters. The topological polar surface area (TPSA) is 98.7 Å². The van der Waals surface area contributed by atoms with Gasteiger partial charge in [0, 0.05) is 24.3 Å². The SMILES string of the molecule is O=C(O)c1ccc(C(O)c2ccc3ccc(C(=O)NCc4ccc5c(c4)CCN5)cc3c2)cc1. The fraction of sp³-hybridized carbons (Fsp3) is 0.143. The minimum atomic E-state index is -1.01. The maximum absolute atomic E-state index is 12.8. The van der Waals surface area contributed by atoms with Gasteiger partial charge >= 0.3 is 5.97 Å². The predicted molar refractivity (Wildman–Crippen MR) is 131 cm³/mol. The number of nitrogens with one attached hydrogen (secondary N) is 2. The van der Waals surface area contributed by atoms with Crippen LogP contribution in [0.3, 0.4) is 0 Å². The van der Waals surface area contributed by atoms with Gasteiger partial charge in [-0.15, -0.1) is 0 Å². The number of hydrogen-bond donors (Lipinski definition) is 4. The van der Waals surface area contributed by atoms with Crippen molar-refractivity contribution in [3.05, 3.63) is 112 Å². The summed E-state index contributed by atoms with van der Waals surface area (Å²) >= 11 is 0. The van der Waals surface area contributed by atoms with Crippen molar-refractivity contribution in [3.8, 4) is 0 Å². The molecule has 0 aliphatic carbocycles. The maximum atomic E-state index is 12.8. The molecule has 1 aliphatic heterocycles. The van der Waals surface area contributed by atoms with E-state index in [1.54, 1.807) is 18.2 Å². The molecule has 6 heteroatoms. The quantitative estimate of drug-likeness (QED) is 0.345. The number of aliphatic hydroxyl groups is 1. The van der Waals surface area contributed by atoms with Gasteiger partial charge in [0.05, 0.1) is 5.56 Å². The molecule has 0 aromatic heterocycles. The van der Waals surface area contributed by atoms with Gasteiger partial charge < -0.3 is 20.8 Å². The van der Waals surface area contributed by atoms with E-state index in [9.17, 15) is 14.7 Å². The summed E-state index contributed by atoms with van der Waals surface area (Å²) in [5.41, 5.74) is 5.50. The van der Waals surface area contributed by atoms with Crippen LogP contribution in [0.15, 0.2) is 78.9 Å². The Kier molecular flexibility index (Phi) is 5.74. The zero-order valence-electron chi connectivity index (χ0n) is 18.4. The van der Waals surface area contributed by atoms with Gasteiger partial charge in [-0.05, 0) is 75.8 Å². The maximum Gasteiger partial charge on any atom is 0.335 e. The number of fused-ring (bicyclic) bond motifs is 2. The third-order valence-corrected chi connectivity index (χ3v) is 6.25. The number of hydrogen-bond acceptors (Lipinski definition) is 4. The standard InChI is InChI=1S/C28H24N2O4/c31-26(19-4-6-20(7-5-19)28(33)34)22-8-2-18-3-9-23(15-24(18)14-22)27(32)30-16-17-1-10-25-21(13-17)11-12-29-25/h1-10,13-15,26,29,31H,11-12,16H2,(H,30,32)(H,33,34). The van der Waals surface area contributed by atoms with Crippen LogP contribution in [0.4, 0.5) is 5.69 Å². The number of carbonyl (C=O) groups excluding carboxylic acids is 1. The van der Waals surface area contributed by atoms with E-state index < -0.39 is 12.1 Å². The van der Waals surface area contributed by atoms with E-state index >= 15 is 0 Å². The summed E-state index contributed by atoms with van der Waals surface area (Å²) in [6.45, 7) is 1.40. The van der Waals surface area contributed by atoms with E-state index in [2.05, 4.69) is 22.8 Å². The van der Waals surface area contributed by atoms with Crippen LogP contribution in [0.1, 0.15) is 49.1 Å². The Labute approximate surface area is 196 Å². The first-order chi connectivity index (χ1) is 16.5. The van der Waals surface area contributed by atoms with E-state index in [0.29, 0.717) is 23.2 Å². The predicted octanol–water partition coefficient (Wildman–Crippen LogP) is 4.52. The third kappa shape index (κ3) is 4.36. The van der Waals surface area contributed by atoms with E-state index in [1.165, 1.54) is 23.4 Å². The lowest BCUT2D eigenvalue weighted by atomic mass is 9.97. The van der Waals surface area contributed by atoms with Crippen LogP contribution in [-0.2, 0) is 13.0 Å². The fourth-order valence-electron chi connectivity index (χ4n) is 4.33. The first-order valence-corrected chi connectivity index (χ1v) is 11.2. The smallest absolute Gasteiger partial charge is 0.335 e. The molecular formula is C28H24N2O4. The number of carbonyl (C=O) groups is 2. The summed E-state index contributed by atoms with van der Waals surface area (Å²) in [5, 5.41) is 28.0. The van der Waals surface area contributed by atoms with E-state index in [1.807, 2.05) is 36.4 Å². The highest BCUT2D eigenvalue weighted by molar-refractivity contribution is 5.98. The largest absolute Gasteiger partial charge is 0.478 e. The number of amides is 1. The lowest BCUT2D eigenvalue weighted by molar-refractivity contribution is 0.0696. The van der Waals surface area contributed by atoms with Gasteiger partial charge in [-0.2, -0.15) is 0 Å². The number of benzene rings is 4. The lowest BCUT2D eigenvalue weighted by Gasteiger charge is -2.13. The molecule has 1 unspecified atom stereocenters. The number of rotatable bonds is 6. The molecule has 1 amide bonds. The second-order valence-corrected chi connectivity index (χ2v) is 8.50. The van der Waals surface area contributed by atoms with Crippen molar-refractivity contribution < 1.29 is 19.8 Å². The fourth-order valence-corrected chi connectivity index (χ4v) is 4.33.